The molecule has 0 aliphatic heterocycles. The number of methoxy groups -OCH3 is 1. The van der Waals surface area contributed by atoms with Gasteiger partial charge in [0, 0.05) is 17.9 Å². The molecule has 0 saturated heterocycles. The summed E-state index contributed by atoms with van der Waals surface area (Å²) in [7, 11) is 1.60. The van der Waals surface area contributed by atoms with Crippen LogP contribution in [0.4, 0.5) is 17.2 Å². The molecular weight excluding hydrogens is 340 g/mol. The van der Waals surface area contributed by atoms with Crippen LogP contribution in [0.25, 0.3) is 0 Å². The van der Waals surface area contributed by atoms with Gasteiger partial charge in [0.1, 0.15) is 5.75 Å². The number of aromatic nitrogens is 2. The first-order chi connectivity index (χ1) is 13.1. The number of carbonyl (C=O) groups is 1. The van der Waals surface area contributed by atoms with Crippen LogP contribution in [0.15, 0.2) is 60.7 Å². The molecule has 1 aromatic heterocycles. The molecule has 27 heavy (non-hydrogen) atoms. The summed E-state index contributed by atoms with van der Waals surface area (Å²) >= 11 is 0. The number of benzene rings is 2. The average Bonchev–Trinajstić information content (AvgIpc) is 2.70. The second kappa shape index (κ2) is 8.31. The Morgan fingerprint density at radius 1 is 1.07 bits per heavy atom. The molecule has 6 nitrogen and oxygen atoms in total. The standard InChI is InChI=1S/C21H22N4O2/c1-4-25(17-7-5-6-15(2)14-17)20-13-12-19(23-24-20)21(26)22-16-8-10-18(27-3)11-9-16/h5-14H,4H2,1-3H3,(H,22,26). The molecule has 0 atom stereocenters. The monoisotopic (exact) mass is 362 g/mol. The maximum Gasteiger partial charge on any atom is 0.276 e. The summed E-state index contributed by atoms with van der Waals surface area (Å²) in [5, 5.41) is 11.1. The fourth-order valence-electron chi connectivity index (χ4n) is 2.73. The number of amides is 1. The maximum atomic E-state index is 12.4. The highest BCUT2D eigenvalue weighted by Crippen LogP contribution is 2.23. The van der Waals surface area contributed by atoms with Crippen LogP contribution >= 0.6 is 0 Å². The van der Waals surface area contributed by atoms with Gasteiger partial charge in [0.15, 0.2) is 11.5 Å². The Bertz CT molecular complexity index is 908. The molecule has 3 aromatic rings. The topological polar surface area (TPSA) is 67.4 Å². The summed E-state index contributed by atoms with van der Waals surface area (Å²) in [4.78, 5) is 14.4. The van der Waals surface area contributed by atoms with Gasteiger partial charge >= 0.3 is 0 Å². The number of hydrogen-bond donors (Lipinski definition) is 1. The molecule has 1 heterocycles. The fourth-order valence-corrected chi connectivity index (χ4v) is 2.73. The predicted octanol–water partition coefficient (Wildman–Crippen LogP) is 4.20. The summed E-state index contributed by atoms with van der Waals surface area (Å²) < 4.78 is 5.11. The first-order valence-corrected chi connectivity index (χ1v) is 8.74. The summed E-state index contributed by atoms with van der Waals surface area (Å²) in [6.45, 7) is 4.85. The van der Waals surface area contributed by atoms with Gasteiger partial charge in [-0.3, -0.25) is 4.79 Å². The number of hydrogen-bond acceptors (Lipinski definition) is 5. The van der Waals surface area contributed by atoms with Crippen molar-refractivity contribution in [3.8, 4) is 5.75 Å². The van der Waals surface area contributed by atoms with E-state index in [9.17, 15) is 4.79 Å². The van der Waals surface area contributed by atoms with Gasteiger partial charge in [0.2, 0.25) is 0 Å². The number of nitrogens with zero attached hydrogens (tertiary/aromatic N) is 3. The third-order valence-corrected chi connectivity index (χ3v) is 4.14. The third-order valence-electron chi connectivity index (χ3n) is 4.14. The lowest BCUT2D eigenvalue weighted by molar-refractivity contribution is 0.102. The highest BCUT2D eigenvalue weighted by Gasteiger charge is 2.13. The maximum absolute atomic E-state index is 12.4. The van der Waals surface area contributed by atoms with E-state index in [1.165, 1.54) is 5.56 Å². The normalized spacial score (nSPS) is 10.3. The van der Waals surface area contributed by atoms with Crippen LogP contribution in [-0.2, 0) is 0 Å². The summed E-state index contributed by atoms with van der Waals surface area (Å²) in [6, 6.07) is 18.8. The summed E-state index contributed by atoms with van der Waals surface area (Å²) in [6.07, 6.45) is 0. The Morgan fingerprint density at radius 3 is 2.44 bits per heavy atom. The van der Waals surface area contributed by atoms with Gasteiger partial charge in [-0.25, -0.2) is 0 Å². The van der Waals surface area contributed by atoms with Gasteiger partial charge in [0.05, 0.1) is 7.11 Å². The molecule has 0 radical (unpaired) electrons. The Balaban J connectivity index is 1.74. The van der Waals surface area contributed by atoms with E-state index in [-0.39, 0.29) is 11.6 Å². The molecule has 1 N–H and O–H groups in total. The van der Waals surface area contributed by atoms with Crippen molar-refractivity contribution < 1.29 is 9.53 Å². The van der Waals surface area contributed by atoms with Gasteiger partial charge in [-0.2, -0.15) is 0 Å². The van der Waals surface area contributed by atoms with Gasteiger partial charge < -0.3 is 15.0 Å². The number of rotatable bonds is 6. The Labute approximate surface area is 158 Å². The van der Waals surface area contributed by atoms with E-state index in [2.05, 4.69) is 34.6 Å². The van der Waals surface area contributed by atoms with E-state index in [0.717, 1.165) is 18.0 Å². The zero-order valence-electron chi connectivity index (χ0n) is 15.6. The molecule has 0 bridgehead atoms. The second-order valence-corrected chi connectivity index (χ2v) is 6.04. The quantitative estimate of drug-likeness (QED) is 0.712. The Hall–Kier alpha value is -3.41. The minimum atomic E-state index is -0.308. The highest BCUT2D eigenvalue weighted by molar-refractivity contribution is 6.02. The SMILES string of the molecule is CCN(c1cccc(C)c1)c1ccc(C(=O)Nc2ccc(OC)cc2)nn1. The van der Waals surface area contributed by atoms with Crippen molar-refractivity contribution in [3.05, 3.63) is 71.9 Å². The molecule has 0 fully saturated rings. The lowest BCUT2D eigenvalue weighted by Gasteiger charge is -2.22. The highest BCUT2D eigenvalue weighted by atomic mass is 16.5. The first-order valence-electron chi connectivity index (χ1n) is 8.74. The minimum Gasteiger partial charge on any atom is -0.497 e. The molecule has 0 saturated carbocycles. The van der Waals surface area contributed by atoms with E-state index in [1.807, 2.05) is 30.0 Å². The number of aryl methyl sites for hydroxylation is 1. The van der Waals surface area contributed by atoms with Gasteiger partial charge in [-0.15, -0.1) is 10.2 Å². The van der Waals surface area contributed by atoms with Crippen molar-refractivity contribution in [1.82, 2.24) is 10.2 Å². The third kappa shape index (κ3) is 4.41. The first kappa shape index (κ1) is 18.4. The molecule has 0 aliphatic carbocycles. The van der Waals surface area contributed by atoms with Crippen LogP contribution in [0.2, 0.25) is 0 Å². The van der Waals surface area contributed by atoms with Crippen molar-refractivity contribution in [1.29, 1.82) is 0 Å². The van der Waals surface area contributed by atoms with Crippen molar-refractivity contribution in [2.24, 2.45) is 0 Å². The van der Waals surface area contributed by atoms with Crippen molar-refractivity contribution in [2.75, 3.05) is 23.9 Å². The molecule has 3 rings (SSSR count). The second-order valence-electron chi connectivity index (χ2n) is 6.04. The molecular formula is C21H22N4O2. The summed E-state index contributed by atoms with van der Waals surface area (Å²) in [5.41, 5.74) is 3.15. The Morgan fingerprint density at radius 2 is 1.85 bits per heavy atom. The van der Waals surface area contributed by atoms with E-state index >= 15 is 0 Å². The van der Waals surface area contributed by atoms with E-state index < -0.39 is 0 Å². The number of nitrogens with one attached hydrogen (secondary N) is 1. The van der Waals surface area contributed by atoms with E-state index in [4.69, 9.17) is 4.74 Å². The Kier molecular flexibility index (Phi) is 5.66. The molecule has 0 aliphatic rings. The fraction of sp³-hybridized carbons (Fsp3) is 0.190. The van der Waals surface area contributed by atoms with Crippen LogP contribution in [-0.4, -0.2) is 29.8 Å². The lowest BCUT2D eigenvalue weighted by atomic mass is 10.2. The largest absolute Gasteiger partial charge is 0.497 e. The molecule has 1 amide bonds. The number of ether oxygens (including phenoxy) is 1. The van der Waals surface area contributed by atoms with Crippen LogP contribution in [0, 0.1) is 6.92 Å². The van der Waals surface area contributed by atoms with Crippen LogP contribution < -0.4 is 15.0 Å². The van der Waals surface area contributed by atoms with Gasteiger partial charge in [-0.05, 0) is 67.9 Å². The smallest absolute Gasteiger partial charge is 0.276 e. The van der Waals surface area contributed by atoms with Gasteiger partial charge in [-0.1, -0.05) is 12.1 Å². The van der Waals surface area contributed by atoms with Crippen LogP contribution in [0.1, 0.15) is 23.0 Å². The van der Waals surface area contributed by atoms with Crippen LogP contribution in [0.3, 0.4) is 0 Å². The molecule has 138 valence electrons. The van der Waals surface area contributed by atoms with Gasteiger partial charge in [0.25, 0.3) is 5.91 Å². The molecule has 2 aromatic carbocycles. The zero-order valence-corrected chi connectivity index (χ0v) is 15.6. The van der Waals surface area contributed by atoms with Crippen molar-refractivity contribution >= 4 is 23.1 Å². The summed E-state index contributed by atoms with van der Waals surface area (Å²) in [5.74, 6) is 1.12. The zero-order chi connectivity index (χ0) is 19.2. The molecule has 0 unspecified atom stereocenters. The average molecular weight is 362 g/mol. The molecule has 0 spiro atoms. The number of anilines is 3. The van der Waals surface area contributed by atoms with Crippen molar-refractivity contribution in [3.63, 3.8) is 0 Å². The lowest BCUT2D eigenvalue weighted by Crippen LogP contribution is -2.19. The van der Waals surface area contributed by atoms with E-state index in [1.54, 1.807) is 37.4 Å². The molecule has 6 heteroatoms. The van der Waals surface area contributed by atoms with Crippen molar-refractivity contribution in [2.45, 2.75) is 13.8 Å². The number of carbonyl (C=O) groups excluding carboxylic acids is 1. The van der Waals surface area contributed by atoms with Crippen LogP contribution in [0.5, 0.6) is 5.75 Å². The van der Waals surface area contributed by atoms with E-state index in [0.29, 0.717) is 11.5 Å². The predicted molar refractivity (Wildman–Crippen MR) is 107 cm³/mol. The minimum absolute atomic E-state index is 0.259.